The maximum Gasteiger partial charge on any atom is 0.136 e. The molecule has 0 spiro atoms. The molecule has 0 bridgehead atoms. The Hall–Kier alpha value is -4.04. The molecule has 7 aromatic rings. The normalized spacial score (nSPS) is 12.7. The van der Waals surface area contributed by atoms with Crippen molar-refractivity contribution in [2.45, 2.75) is 0 Å². The van der Waals surface area contributed by atoms with E-state index in [-0.39, 0.29) is 0 Å². The quantitative estimate of drug-likeness (QED) is 0.285. The zero-order valence-electron chi connectivity index (χ0n) is 15.9. The van der Waals surface area contributed by atoms with Gasteiger partial charge in [-0.05, 0) is 46.3 Å². The molecule has 0 unspecified atom stereocenters. The van der Waals surface area contributed by atoms with Gasteiger partial charge in [-0.2, -0.15) is 0 Å². The van der Waals surface area contributed by atoms with E-state index in [1.165, 1.54) is 54.6 Å². The summed E-state index contributed by atoms with van der Waals surface area (Å²) in [4.78, 5) is 0. The number of rotatable bonds is 1. The van der Waals surface area contributed by atoms with Crippen molar-refractivity contribution < 1.29 is 8.83 Å². The average molecular weight is 382 g/mol. The fourth-order valence-electron chi connectivity index (χ4n) is 5.42. The molecule has 1 aliphatic rings. The molecule has 2 heteroatoms. The molecular weight excluding hydrogens is 368 g/mol. The second-order valence-corrected chi connectivity index (χ2v) is 8.09. The van der Waals surface area contributed by atoms with Gasteiger partial charge in [0.05, 0.1) is 0 Å². The van der Waals surface area contributed by atoms with Gasteiger partial charge < -0.3 is 8.83 Å². The van der Waals surface area contributed by atoms with Gasteiger partial charge in [0, 0.05) is 32.5 Å². The lowest BCUT2D eigenvalue weighted by Gasteiger charge is -2.12. The molecule has 138 valence electrons. The molecular formula is C28H14O2. The van der Waals surface area contributed by atoms with Gasteiger partial charge in [0.25, 0.3) is 0 Å². The summed E-state index contributed by atoms with van der Waals surface area (Å²) in [6.45, 7) is 0. The van der Waals surface area contributed by atoms with Crippen molar-refractivity contribution in [2.24, 2.45) is 0 Å². The van der Waals surface area contributed by atoms with E-state index in [9.17, 15) is 0 Å². The van der Waals surface area contributed by atoms with Gasteiger partial charge in [0.1, 0.15) is 22.3 Å². The number of hydrogen-bond donors (Lipinski definition) is 0. The first-order chi connectivity index (χ1) is 14.9. The van der Waals surface area contributed by atoms with Crippen molar-refractivity contribution in [1.29, 1.82) is 0 Å². The molecule has 2 aromatic heterocycles. The molecule has 0 aliphatic heterocycles. The predicted octanol–water partition coefficient (Wildman–Crippen LogP) is 8.29. The maximum absolute atomic E-state index is 6.35. The Morgan fingerprint density at radius 3 is 1.87 bits per heavy atom. The third-order valence-corrected chi connectivity index (χ3v) is 6.60. The van der Waals surface area contributed by atoms with E-state index in [0.29, 0.717) is 0 Å². The number of fused-ring (bicyclic) bond motifs is 1. The third kappa shape index (κ3) is 1.60. The van der Waals surface area contributed by atoms with Gasteiger partial charge in [0.15, 0.2) is 0 Å². The third-order valence-electron chi connectivity index (χ3n) is 6.60. The summed E-state index contributed by atoms with van der Waals surface area (Å²) in [5.41, 5.74) is 8.60. The maximum atomic E-state index is 6.35. The summed E-state index contributed by atoms with van der Waals surface area (Å²) in [6, 6.07) is 29.8. The van der Waals surface area contributed by atoms with Gasteiger partial charge in [-0.3, -0.25) is 0 Å². The minimum atomic E-state index is 0.929. The van der Waals surface area contributed by atoms with Crippen molar-refractivity contribution in [2.75, 3.05) is 0 Å². The molecule has 0 atom stereocenters. The summed E-state index contributed by atoms with van der Waals surface area (Å²) >= 11 is 0. The molecule has 0 N–H and O–H groups in total. The van der Waals surface area contributed by atoms with Gasteiger partial charge in [0.2, 0.25) is 0 Å². The number of hydrogen-bond acceptors (Lipinski definition) is 2. The SMILES string of the molecule is c1ccc(-c2ccc3oc4ccc5ccc6oc7cccc8c7c6c5c4c3c2-8)cc1. The van der Waals surface area contributed by atoms with Gasteiger partial charge >= 0.3 is 0 Å². The summed E-state index contributed by atoms with van der Waals surface area (Å²) in [5, 5.41) is 7.24. The highest BCUT2D eigenvalue weighted by atomic mass is 16.3. The molecule has 30 heavy (non-hydrogen) atoms. The lowest BCUT2D eigenvalue weighted by molar-refractivity contribution is 0.669. The zero-order chi connectivity index (χ0) is 19.4. The van der Waals surface area contributed by atoms with Crippen LogP contribution in [0.3, 0.4) is 0 Å². The monoisotopic (exact) mass is 382 g/mol. The molecule has 5 aromatic carbocycles. The molecule has 2 heterocycles. The Morgan fingerprint density at radius 1 is 0.400 bits per heavy atom. The summed E-state index contributed by atoms with van der Waals surface area (Å²) in [7, 11) is 0. The van der Waals surface area contributed by atoms with Crippen molar-refractivity contribution in [3.8, 4) is 22.3 Å². The Balaban J connectivity index is 1.78. The Kier molecular flexibility index (Phi) is 2.44. The van der Waals surface area contributed by atoms with Crippen LogP contribution in [0.15, 0.2) is 93.8 Å². The molecule has 1 aliphatic carbocycles. The number of furan rings is 2. The second-order valence-electron chi connectivity index (χ2n) is 8.09. The Morgan fingerprint density at radius 2 is 1.07 bits per heavy atom. The van der Waals surface area contributed by atoms with Crippen LogP contribution in [-0.2, 0) is 0 Å². The van der Waals surface area contributed by atoms with Crippen LogP contribution in [-0.4, -0.2) is 0 Å². The van der Waals surface area contributed by atoms with Crippen LogP contribution in [0.25, 0.3) is 76.9 Å². The van der Waals surface area contributed by atoms with E-state index in [2.05, 4.69) is 84.9 Å². The highest BCUT2D eigenvalue weighted by Crippen LogP contribution is 2.52. The van der Waals surface area contributed by atoms with Crippen LogP contribution in [0, 0.1) is 0 Å². The minimum Gasteiger partial charge on any atom is -0.456 e. The van der Waals surface area contributed by atoms with Crippen LogP contribution in [0.5, 0.6) is 0 Å². The van der Waals surface area contributed by atoms with E-state index < -0.39 is 0 Å². The van der Waals surface area contributed by atoms with E-state index in [1.807, 2.05) is 0 Å². The van der Waals surface area contributed by atoms with Crippen LogP contribution in [0.4, 0.5) is 0 Å². The van der Waals surface area contributed by atoms with Gasteiger partial charge in [-0.25, -0.2) is 0 Å². The van der Waals surface area contributed by atoms with Crippen LogP contribution < -0.4 is 0 Å². The topological polar surface area (TPSA) is 26.3 Å². The Labute approximate surface area is 170 Å². The van der Waals surface area contributed by atoms with Gasteiger partial charge in [-0.1, -0.05) is 60.7 Å². The van der Waals surface area contributed by atoms with E-state index in [4.69, 9.17) is 8.83 Å². The first-order valence-electron chi connectivity index (χ1n) is 10.2. The lowest BCUT2D eigenvalue weighted by atomic mass is 9.90. The average Bonchev–Trinajstić information content (AvgIpc) is 3.32. The highest BCUT2D eigenvalue weighted by Gasteiger charge is 2.26. The number of benzene rings is 5. The van der Waals surface area contributed by atoms with Crippen molar-refractivity contribution >= 4 is 54.6 Å². The summed E-state index contributed by atoms with van der Waals surface area (Å²) in [5.74, 6) is 0. The lowest BCUT2D eigenvalue weighted by Crippen LogP contribution is -1.86. The molecule has 0 radical (unpaired) electrons. The van der Waals surface area contributed by atoms with Crippen molar-refractivity contribution in [3.05, 3.63) is 84.9 Å². The van der Waals surface area contributed by atoms with E-state index in [0.717, 1.165) is 22.3 Å². The van der Waals surface area contributed by atoms with E-state index >= 15 is 0 Å². The molecule has 0 amide bonds. The Bertz CT molecular complexity index is 1830. The standard InChI is InChI=1S/C28H14O2/c1-2-5-15(6-3-1)17-11-14-22-28-24(17)18-7-4-8-19-25(18)26-20(29-19)12-9-16-10-13-21(30-22)27(28)23(16)26/h1-14H. The second kappa shape index (κ2) is 4.92. The fraction of sp³-hybridized carbons (Fsp3) is 0. The van der Waals surface area contributed by atoms with Gasteiger partial charge in [-0.15, -0.1) is 0 Å². The van der Waals surface area contributed by atoms with Crippen molar-refractivity contribution in [3.63, 3.8) is 0 Å². The van der Waals surface area contributed by atoms with Crippen molar-refractivity contribution in [1.82, 2.24) is 0 Å². The molecule has 0 saturated heterocycles. The molecule has 2 nitrogen and oxygen atoms in total. The largest absolute Gasteiger partial charge is 0.456 e. The smallest absolute Gasteiger partial charge is 0.136 e. The summed E-state index contributed by atoms with van der Waals surface area (Å²) < 4.78 is 12.7. The molecule has 0 fully saturated rings. The van der Waals surface area contributed by atoms with E-state index in [1.54, 1.807) is 0 Å². The fourth-order valence-corrected chi connectivity index (χ4v) is 5.42. The zero-order valence-corrected chi connectivity index (χ0v) is 15.9. The predicted molar refractivity (Wildman–Crippen MR) is 123 cm³/mol. The first kappa shape index (κ1) is 14.9. The summed E-state index contributed by atoms with van der Waals surface area (Å²) in [6.07, 6.45) is 0. The molecule has 0 saturated carbocycles. The van der Waals surface area contributed by atoms with Crippen LogP contribution in [0.1, 0.15) is 0 Å². The van der Waals surface area contributed by atoms with Crippen LogP contribution >= 0.6 is 0 Å². The first-order valence-corrected chi connectivity index (χ1v) is 10.2. The van der Waals surface area contributed by atoms with Crippen LogP contribution in [0.2, 0.25) is 0 Å². The molecule has 8 rings (SSSR count). The highest BCUT2D eigenvalue weighted by molar-refractivity contribution is 6.37. The minimum absolute atomic E-state index is 0.929.